The lowest BCUT2D eigenvalue weighted by atomic mass is 10.2. The van der Waals surface area contributed by atoms with Crippen LogP contribution in [0, 0.1) is 0 Å². The van der Waals surface area contributed by atoms with Crippen molar-refractivity contribution in [3.05, 3.63) is 87.7 Å². The van der Waals surface area contributed by atoms with Gasteiger partial charge >= 0.3 is 18.2 Å². The molecule has 2 aromatic heterocycles. The van der Waals surface area contributed by atoms with Crippen LogP contribution < -0.4 is 10.4 Å². The number of carbonyl (C=O) groups is 3. The highest BCUT2D eigenvalue weighted by Crippen LogP contribution is 2.24. The molecule has 2 heterocycles. The molecule has 2 aromatic carbocycles. The number of benzene rings is 2. The number of aromatic nitrogens is 3. The van der Waals surface area contributed by atoms with E-state index in [4.69, 9.17) is 37.4 Å². The molecule has 0 radical (unpaired) electrons. The van der Waals surface area contributed by atoms with Gasteiger partial charge in [-0.3, -0.25) is 0 Å². The summed E-state index contributed by atoms with van der Waals surface area (Å²) in [7, 11) is 0. The molecule has 232 valence electrons. The Kier molecular flexibility index (Phi) is 9.70. The van der Waals surface area contributed by atoms with E-state index in [2.05, 4.69) is 15.4 Å². The molecule has 13 heteroatoms. The number of fused-ring (bicyclic) bond motifs is 1. The van der Waals surface area contributed by atoms with Gasteiger partial charge in [-0.15, -0.1) is 0 Å². The lowest BCUT2D eigenvalue weighted by Gasteiger charge is -2.28. The minimum atomic E-state index is -0.908. The number of ether oxygens (including phenoxy) is 3. The van der Waals surface area contributed by atoms with Crippen LogP contribution in [0.25, 0.3) is 11.2 Å². The number of hydrogen-bond donors (Lipinski definition) is 1. The zero-order valence-electron chi connectivity index (χ0n) is 25.2. The van der Waals surface area contributed by atoms with Crippen molar-refractivity contribution in [2.24, 2.45) is 0 Å². The molecule has 0 saturated carbocycles. The molecule has 0 spiro atoms. The van der Waals surface area contributed by atoms with Gasteiger partial charge in [0.2, 0.25) is 5.82 Å². The van der Waals surface area contributed by atoms with Crippen molar-refractivity contribution in [1.29, 1.82) is 0 Å². The number of halogens is 2. The number of imidazole rings is 1. The molecule has 1 N–H and O–H groups in total. The molecule has 0 fully saturated rings. The summed E-state index contributed by atoms with van der Waals surface area (Å²) in [6, 6.07) is 17.2. The van der Waals surface area contributed by atoms with E-state index >= 15 is 0 Å². The number of carbonyl (C=O) groups excluding carboxylic acids is 3. The molecule has 11 nitrogen and oxygen atoms in total. The minimum absolute atomic E-state index is 0.0242. The Labute approximate surface area is 265 Å². The first kappa shape index (κ1) is 32.6. The molecule has 0 aliphatic rings. The largest absolute Gasteiger partial charge is 0.455 e. The first-order chi connectivity index (χ1) is 20.6. The fourth-order valence-corrected chi connectivity index (χ4v) is 4.42. The van der Waals surface area contributed by atoms with E-state index in [0.29, 0.717) is 21.1 Å². The van der Waals surface area contributed by atoms with Crippen molar-refractivity contribution in [3.63, 3.8) is 0 Å². The Hall–Kier alpha value is -4.35. The fraction of sp³-hybridized carbons (Fsp3) is 0.323. The quantitative estimate of drug-likeness (QED) is 0.132. The third kappa shape index (κ3) is 8.84. The highest BCUT2D eigenvalue weighted by Gasteiger charge is 2.29. The summed E-state index contributed by atoms with van der Waals surface area (Å²) < 4.78 is 18.0. The minimum Gasteiger partial charge on any atom is -0.455 e. The zero-order chi connectivity index (χ0) is 32.2. The molecule has 0 atom stereocenters. The van der Waals surface area contributed by atoms with Gasteiger partial charge in [0.1, 0.15) is 17.8 Å². The van der Waals surface area contributed by atoms with Crippen LogP contribution in [0.1, 0.15) is 63.3 Å². The molecule has 0 aliphatic carbocycles. The van der Waals surface area contributed by atoms with E-state index < -0.39 is 29.4 Å². The number of esters is 1. The van der Waals surface area contributed by atoms with E-state index in [-0.39, 0.29) is 30.4 Å². The first-order valence-electron chi connectivity index (χ1n) is 13.6. The van der Waals surface area contributed by atoms with Crippen LogP contribution in [0.15, 0.2) is 60.7 Å². The van der Waals surface area contributed by atoms with Crippen molar-refractivity contribution >= 4 is 58.3 Å². The number of pyridine rings is 1. The van der Waals surface area contributed by atoms with E-state index in [9.17, 15) is 14.4 Å². The molecule has 44 heavy (non-hydrogen) atoms. The maximum absolute atomic E-state index is 13.4. The predicted molar refractivity (Wildman–Crippen MR) is 167 cm³/mol. The average molecular weight is 643 g/mol. The van der Waals surface area contributed by atoms with Crippen molar-refractivity contribution in [1.82, 2.24) is 20.0 Å². The van der Waals surface area contributed by atoms with Crippen molar-refractivity contribution in [3.8, 4) is 0 Å². The molecule has 2 amide bonds. The molecule has 4 aromatic rings. The second kappa shape index (κ2) is 13.1. The van der Waals surface area contributed by atoms with Crippen LogP contribution in [0.3, 0.4) is 0 Å². The summed E-state index contributed by atoms with van der Waals surface area (Å²) >= 11 is 12.3. The van der Waals surface area contributed by atoms with E-state index in [0.717, 1.165) is 10.6 Å². The number of nitrogens with zero attached hydrogens (tertiary/aromatic N) is 4. The summed E-state index contributed by atoms with van der Waals surface area (Å²) in [5, 5.41) is 1.86. The van der Waals surface area contributed by atoms with E-state index in [1.807, 2.05) is 6.07 Å². The van der Waals surface area contributed by atoms with Gasteiger partial charge in [-0.1, -0.05) is 47.5 Å². The normalized spacial score (nSPS) is 11.6. The topological polar surface area (TPSA) is 125 Å². The predicted octanol–water partition coefficient (Wildman–Crippen LogP) is 7.32. The van der Waals surface area contributed by atoms with Gasteiger partial charge in [-0.25, -0.2) is 29.8 Å². The summed E-state index contributed by atoms with van der Waals surface area (Å²) in [4.78, 5) is 48.2. The lowest BCUT2D eigenvalue weighted by molar-refractivity contribution is 0.0424. The Morgan fingerprint density at radius 3 is 2.07 bits per heavy atom. The van der Waals surface area contributed by atoms with Crippen molar-refractivity contribution < 1.29 is 28.6 Å². The molecular formula is C31H33Cl2N5O6. The third-order valence-electron chi connectivity index (χ3n) is 5.68. The van der Waals surface area contributed by atoms with Gasteiger partial charge in [-0.05, 0) is 89.1 Å². The van der Waals surface area contributed by atoms with Crippen LogP contribution in [-0.2, 0) is 27.4 Å². The van der Waals surface area contributed by atoms with Gasteiger partial charge in [0.25, 0.3) is 0 Å². The summed E-state index contributed by atoms with van der Waals surface area (Å²) in [6.45, 7) is 10.3. The Morgan fingerprint density at radius 2 is 1.45 bits per heavy atom. The number of anilines is 1. The third-order valence-corrected chi connectivity index (χ3v) is 6.15. The second-order valence-electron chi connectivity index (χ2n) is 11.8. The first-order valence-corrected chi connectivity index (χ1v) is 14.4. The summed E-state index contributed by atoms with van der Waals surface area (Å²) in [5.41, 5.74) is 2.75. The number of hydrazine groups is 1. The molecular weight excluding hydrogens is 609 g/mol. The number of hydrogen-bond acceptors (Lipinski definition) is 8. The van der Waals surface area contributed by atoms with E-state index in [1.165, 1.54) is 6.07 Å². The van der Waals surface area contributed by atoms with Gasteiger partial charge in [0.05, 0.1) is 12.1 Å². The van der Waals surface area contributed by atoms with Crippen LogP contribution in [0.5, 0.6) is 0 Å². The average Bonchev–Trinajstić information content (AvgIpc) is 3.26. The maximum Gasteiger partial charge on any atom is 0.435 e. The standard InChI is InChI=1S/C31H33Cl2N5O6/c1-30(2,3)43-28(40)36-38(29(41)44-31(4,5)6)24-14-13-23-25(34-24)35-26(37(23)17-19-9-7-11-21(32)15-19)27(39)42-18-20-10-8-12-22(33)16-20/h7-16H,17-18H2,1-6H3,(H,36,40). The number of rotatable bonds is 6. The highest BCUT2D eigenvalue weighted by atomic mass is 35.5. The SMILES string of the molecule is CC(C)(C)OC(=O)NN(C(=O)OC(C)(C)C)c1ccc2c(n1)nc(C(=O)OCc1cccc(Cl)c1)n2Cc1cccc(Cl)c1. The monoisotopic (exact) mass is 641 g/mol. The van der Waals surface area contributed by atoms with Gasteiger partial charge in [-0.2, -0.15) is 5.01 Å². The summed E-state index contributed by atoms with van der Waals surface area (Å²) in [6.07, 6.45) is -1.81. The van der Waals surface area contributed by atoms with Gasteiger partial charge in [0, 0.05) is 10.0 Å². The molecule has 4 rings (SSSR count). The Bertz CT molecular complexity index is 1690. The molecule has 0 aliphatic heterocycles. The summed E-state index contributed by atoms with van der Waals surface area (Å²) in [5.74, 6) is -0.762. The van der Waals surface area contributed by atoms with Crippen LogP contribution in [-0.4, -0.2) is 43.9 Å². The van der Waals surface area contributed by atoms with E-state index in [1.54, 1.807) is 94.6 Å². The highest BCUT2D eigenvalue weighted by molar-refractivity contribution is 6.30. The smallest absolute Gasteiger partial charge is 0.435 e. The second-order valence-corrected chi connectivity index (χ2v) is 12.7. The fourth-order valence-electron chi connectivity index (χ4n) is 3.99. The number of amides is 2. The van der Waals surface area contributed by atoms with Gasteiger partial charge in [0.15, 0.2) is 11.5 Å². The van der Waals surface area contributed by atoms with Gasteiger partial charge < -0.3 is 18.8 Å². The molecule has 0 unspecified atom stereocenters. The molecule has 0 saturated heterocycles. The van der Waals surface area contributed by atoms with Crippen molar-refractivity contribution in [2.75, 3.05) is 5.01 Å². The van der Waals surface area contributed by atoms with Crippen LogP contribution in [0.2, 0.25) is 10.0 Å². The lowest BCUT2D eigenvalue weighted by Crippen LogP contribution is -2.50. The Morgan fingerprint density at radius 1 is 0.841 bits per heavy atom. The van der Waals surface area contributed by atoms with Crippen LogP contribution in [0.4, 0.5) is 15.4 Å². The Balaban J connectivity index is 1.74. The van der Waals surface area contributed by atoms with Crippen molar-refractivity contribution in [2.45, 2.75) is 65.9 Å². The zero-order valence-corrected chi connectivity index (χ0v) is 26.7. The number of nitrogens with one attached hydrogen (secondary N) is 1. The van der Waals surface area contributed by atoms with Crippen LogP contribution >= 0.6 is 23.2 Å². The maximum atomic E-state index is 13.4. The molecule has 0 bridgehead atoms.